The van der Waals surface area contributed by atoms with Gasteiger partial charge in [0.2, 0.25) is 16.0 Å². The summed E-state index contributed by atoms with van der Waals surface area (Å²) < 4.78 is 49.3. The third-order valence-electron chi connectivity index (χ3n) is 7.15. The van der Waals surface area contributed by atoms with Crippen molar-refractivity contribution in [1.29, 1.82) is 0 Å². The van der Waals surface area contributed by atoms with E-state index in [2.05, 4.69) is 30.0 Å². The maximum absolute atomic E-state index is 14.2. The van der Waals surface area contributed by atoms with Crippen molar-refractivity contribution in [3.63, 3.8) is 0 Å². The van der Waals surface area contributed by atoms with E-state index in [0.29, 0.717) is 41.7 Å². The highest BCUT2D eigenvalue weighted by Gasteiger charge is 2.43. The van der Waals surface area contributed by atoms with Gasteiger partial charge in [0.05, 0.1) is 32.6 Å². The van der Waals surface area contributed by atoms with Gasteiger partial charge in [0.15, 0.2) is 5.82 Å². The third kappa shape index (κ3) is 6.90. The van der Waals surface area contributed by atoms with E-state index in [-0.39, 0.29) is 17.9 Å². The second-order valence-corrected chi connectivity index (χ2v) is 12.0. The molecule has 0 saturated carbocycles. The Morgan fingerprint density at radius 1 is 1.09 bits per heavy atom. The molecule has 4 rings (SSSR count). The standard InChI is InChI=1S/C29H38N8O6S/c1-8-9-11-21(16-32-43-7)28-33-34-29(37(28)26-23(41-5)12-10-13-24(26)42-6)35-44(38,39)20(3)25(36-17-22(18-36)40-4)27-30-14-19(2)15-31-27/h8-16,20,22,25H,17-18H2,1-7H3,(H,34,35)/b9-8-,21-11+,32-16+/t20-,25?/m0/s1. The monoisotopic (exact) mass is 626 g/mol. The van der Waals surface area contributed by atoms with E-state index in [1.165, 1.54) is 32.1 Å². The number of rotatable bonds is 14. The van der Waals surface area contributed by atoms with Crippen molar-refractivity contribution in [3.8, 4) is 17.2 Å². The Balaban J connectivity index is 1.85. The van der Waals surface area contributed by atoms with Crippen molar-refractivity contribution in [1.82, 2.24) is 29.6 Å². The van der Waals surface area contributed by atoms with Crippen LogP contribution in [0.4, 0.5) is 5.95 Å². The Kier molecular flexibility index (Phi) is 10.7. The van der Waals surface area contributed by atoms with Crippen molar-refractivity contribution < 1.29 is 27.5 Å². The summed E-state index contributed by atoms with van der Waals surface area (Å²) in [7, 11) is 1.92. The first kappa shape index (κ1) is 32.6. The largest absolute Gasteiger partial charge is 0.494 e. The summed E-state index contributed by atoms with van der Waals surface area (Å²) >= 11 is 0. The molecule has 14 nitrogen and oxygen atoms in total. The van der Waals surface area contributed by atoms with E-state index in [9.17, 15) is 8.42 Å². The zero-order valence-corrected chi connectivity index (χ0v) is 26.6. The van der Waals surface area contributed by atoms with Crippen LogP contribution in [-0.4, -0.2) is 97.1 Å². The van der Waals surface area contributed by atoms with Gasteiger partial charge in [-0.25, -0.2) is 18.4 Å². The number of aryl methyl sites for hydroxylation is 1. The van der Waals surface area contributed by atoms with Gasteiger partial charge in [-0.05, 0) is 44.5 Å². The minimum Gasteiger partial charge on any atom is -0.494 e. The van der Waals surface area contributed by atoms with Gasteiger partial charge in [0.25, 0.3) is 0 Å². The number of aromatic nitrogens is 5. The fourth-order valence-electron chi connectivity index (χ4n) is 4.75. The maximum atomic E-state index is 14.2. The SMILES string of the molecule is C\C=C/C=C(\C=N\OC)c1nnc(NS(=O)(=O)[C@@H](C)C(c2ncc(C)cn2)N2CC(OC)C2)n1-c1c(OC)cccc1OC. The number of nitrogens with one attached hydrogen (secondary N) is 1. The quantitative estimate of drug-likeness (QED) is 0.159. The number of hydrogen-bond acceptors (Lipinski definition) is 12. The Morgan fingerprint density at radius 3 is 2.32 bits per heavy atom. The molecule has 1 unspecified atom stereocenters. The van der Waals surface area contributed by atoms with Crippen LogP contribution >= 0.6 is 0 Å². The molecule has 44 heavy (non-hydrogen) atoms. The predicted molar refractivity (Wildman–Crippen MR) is 167 cm³/mol. The van der Waals surface area contributed by atoms with Gasteiger partial charge < -0.3 is 19.0 Å². The van der Waals surface area contributed by atoms with E-state index < -0.39 is 21.3 Å². The minimum absolute atomic E-state index is 0.00868. The molecular formula is C29H38N8O6S. The van der Waals surface area contributed by atoms with E-state index in [4.69, 9.17) is 19.0 Å². The highest BCUT2D eigenvalue weighted by Crippen LogP contribution is 2.37. The first-order valence-electron chi connectivity index (χ1n) is 13.8. The number of nitrogens with zero attached hydrogens (tertiary/aromatic N) is 7. The summed E-state index contributed by atoms with van der Waals surface area (Å²) in [4.78, 5) is 15.9. The maximum Gasteiger partial charge on any atom is 0.243 e. The van der Waals surface area contributed by atoms with Gasteiger partial charge >= 0.3 is 0 Å². The van der Waals surface area contributed by atoms with Gasteiger partial charge in [0.1, 0.15) is 35.4 Å². The van der Waals surface area contributed by atoms with Crippen LogP contribution in [0.5, 0.6) is 11.5 Å². The highest BCUT2D eigenvalue weighted by atomic mass is 32.2. The van der Waals surface area contributed by atoms with Crippen LogP contribution in [-0.2, 0) is 19.6 Å². The van der Waals surface area contributed by atoms with E-state index >= 15 is 0 Å². The van der Waals surface area contributed by atoms with E-state index in [0.717, 1.165) is 5.56 Å². The molecule has 1 aliphatic heterocycles. The van der Waals surface area contributed by atoms with Gasteiger partial charge in [-0.2, -0.15) is 0 Å². The van der Waals surface area contributed by atoms with Gasteiger partial charge in [-0.15, -0.1) is 10.2 Å². The number of methoxy groups -OCH3 is 3. The van der Waals surface area contributed by atoms with Gasteiger partial charge in [-0.1, -0.05) is 23.4 Å². The van der Waals surface area contributed by atoms with Crippen molar-refractivity contribution in [3.05, 3.63) is 66.0 Å². The molecule has 1 aromatic carbocycles. The van der Waals surface area contributed by atoms with Gasteiger partial charge in [0, 0.05) is 38.2 Å². The molecule has 2 aromatic heterocycles. The molecule has 1 aliphatic rings. The van der Waals surface area contributed by atoms with Crippen molar-refractivity contribution in [2.75, 3.05) is 46.3 Å². The second-order valence-electron chi connectivity index (χ2n) is 9.99. The average molecular weight is 627 g/mol. The van der Waals surface area contributed by atoms with Crippen LogP contribution in [0.15, 0.2) is 54.0 Å². The lowest BCUT2D eigenvalue weighted by molar-refractivity contribution is -0.0530. The molecule has 0 radical (unpaired) electrons. The molecule has 1 fully saturated rings. The van der Waals surface area contributed by atoms with Crippen LogP contribution in [0.2, 0.25) is 0 Å². The molecule has 236 valence electrons. The molecule has 15 heteroatoms. The Labute approximate surface area is 257 Å². The number of allylic oxidation sites excluding steroid dienone is 4. The van der Waals surface area contributed by atoms with E-state index in [1.54, 1.807) is 56.8 Å². The zero-order chi connectivity index (χ0) is 31.9. The first-order valence-corrected chi connectivity index (χ1v) is 15.4. The zero-order valence-electron chi connectivity index (χ0n) is 25.8. The molecule has 3 heterocycles. The summed E-state index contributed by atoms with van der Waals surface area (Å²) in [5, 5.41) is 11.5. The van der Waals surface area contributed by atoms with Crippen LogP contribution in [0.3, 0.4) is 0 Å². The summed E-state index contributed by atoms with van der Waals surface area (Å²) in [5.74, 6) is 1.34. The number of likely N-dealkylation sites (tertiary alicyclic amines) is 1. The van der Waals surface area contributed by atoms with Crippen molar-refractivity contribution >= 4 is 27.8 Å². The molecule has 0 bridgehead atoms. The number of ether oxygens (including phenoxy) is 3. The molecule has 2 atom stereocenters. The third-order valence-corrected chi connectivity index (χ3v) is 8.85. The summed E-state index contributed by atoms with van der Waals surface area (Å²) in [6, 6.07) is 4.55. The van der Waals surface area contributed by atoms with Gasteiger partial charge in [-0.3, -0.25) is 14.2 Å². The Bertz CT molecular complexity index is 1590. The molecule has 0 aliphatic carbocycles. The average Bonchev–Trinajstić information content (AvgIpc) is 3.40. The Morgan fingerprint density at radius 2 is 1.75 bits per heavy atom. The number of benzene rings is 1. The fraction of sp³-hybridized carbons (Fsp3) is 0.414. The number of anilines is 1. The number of para-hydroxylation sites is 1. The number of hydrogen-bond donors (Lipinski definition) is 1. The number of oxime groups is 1. The summed E-state index contributed by atoms with van der Waals surface area (Å²) in [5.41, 5.74) is 1.72. The topological polar surface area (TPSA) is 155 Å². The summed E-state index contributed by atoms with van der Waals surface area (Å²) in [6.45, 7) is 6.42. The summed E-state index contributed by atoms with van der Waals surface area (Å²) in [6.07, 6.45) is 10.1. The van der Waals surface area contributed by atoms with Crippen LogP contribution in [0.25, 0.3) is 11.3 Å². The molecule has 3 aromatic rings. The molecule has 1 saturated heterocycles. The smallest absolute Gasteiger partial charge is 0.243 e. The Hall–Kier alpha value is -4.34. The molecule has 0 amide bonds. The first-order chi connectivity index (χ1) is 21.2. The minimum atomic E-state index is -4.14. The van der Waals surface area contributed by atoms with E-state index in [1.807, 2.05) is 24.8 Å². The lowest BCUT2D eigenvalue weighted by Gasteiger charge is -2.44. The van der Waals surface area contributed by atoms with Crippen molar-refractivity contribution in [2.24, 2.45) is 5.16 Å². The van der Waals surface area contributed by atoms with Crippen molar-refractivity contribution in [2.45, 2.75) is 38.2 Å². The second kappa shape index (κ2) is 14.4. The van der Waals surface area contributed by atoms with Crippen LogP contribution < -0.4 is 14.2 Å². The molecule has 1 N–H and O–H groups in total. The normalized spacial score (nSPS) is 16.2. The number of sulfonamides is 1. The highest BCUT2D eigenvalue weighted by molar-refractivity contribution is 7.93. The predicted octanol–water partition coefficient (Wildman–Crippen LogP) is 3.18. The fourth-order valence-corrected chi connectivity index (χ4v) is 5.95. The molecule has 0 spiro atoms. The lowest BCUT2D eigenvalue weighted by Crippen LogP contribution is -2.56. The van der Waals surface area contributed by atoms with Crippen LogP contribution in [0, 0.1) is 6.92 Å². The lowest BCUT2D eigenvalue weighted by atomic mass is 10.0. The van der Waals surface area contributed by atoms with Crippen LogP contribution in [0.1, 0.15) is 37.1 Å². The molecular weight excluding hydrogens is 588 g/mol.